The highest BCUT2D eigenvalue weighted by molar-refractivity contribution is 5.38. The monoisotopic (exact) mass is 259 g/mol. The van der Waals surface area contributed by atoms with Crippen LogP contribution in [-0.2, 0) is 12.8 Å². The molecule has 3 rings (SSSR count). The summed E-state index contributed by atoms with van der Waals surface area (Å²) in [7, 11) is 1.75. The van der Waals surface area contributed by atoms with Gasteiger partial charge in [0.05, 0.1) is 7.11 Å². The van der Waals surface area contributed by atoms with Crippen molar-refractivity contribution in [1.82, 2.24) is 5.32 Å². The van der Waals surface area contributed by atoms with E-state index in [1.807, 2.05) is 0 Å². The number of aryl methyl sites for hydroxylation is 1. The number of hydrogen-bond acceptors (Lipinski definition) is 2. The van der Waals surface area contributed by atoms with Crippen LogP contribution in [0.5, 0.6) is 5.75 Å². The highest BCUT2D eigenvalue weighted by Crippen LogP contribution is 2.36. The molecule has 0 aromatic heterocycles. The quantitative estimate of drug-likeness (QED) is 0.875. The second-order valence-corrected chi connectivity index (χ2v) is 6.13. The molecule has 0 amide bonds. The Morgan fingerprint density at radius 1 is 1.32 bits per heavy atom. The summed E-state index contributed by atoms with van der Waals surface area (Å²) in [4.78, 5) is 0. The van der Waals surface area contributed by atoms with E-state index in [-0.39, 0.29) is 0 Å². The Balaban J connectivity index is 1.59. The van der Waals surface area contributed by atoms with Crippen molar-refractivity contribution >= 4 is 0 Å². The van der Waals surface area contributed by atoms with Crippen LogP contribution >= 0.6 is 0 Å². The molecule has 2 nitrogen and oxygen atoms in total. The van der Waals surface area contributed by atoms with E-state index in [0.29, 0.717) is 6.04 Å². The molecule has 19 heavy (non-hydrogen) atoms. The van der Waals surface area contributed by atoms with Gasteiger partial charge >= 0.3 is 0 Å². The molecule has 1 fully saturated rings. The van der Waals surface area contributed by atoms with E-state index in [9.17, 15) is 0 Å². The zero-order valence-corrected chi connectivity index (χ0v) is 12.1. The third kappa shape index (κ3) is 2.94. The fourth-order valence-corrected chi connectivity index (χ4v) is 3.45. The van der Waals surface area contributed by atoms with Crippen LogP contribution in [0.15, 0.2) is 18.2 Å². The molecule has 1 saturated carbocycles. The Morgan fingerprint density at radius 2 is 2.21 bits per heavy atom. The molecule has 2 heteroatoms. The molecule has 3 atom stereocenters. The van der Waals surface area contributed by atoms with Gasteiger partial charge in [-0.05, 0) is 61.3 Å². The number of rotatable bonds is 5. The highest BCUT2D eigenvalue weighted by atomic mass is 16.5. The van der Waals surface area contributed by atoms with Crippen LogP contribution in [0.1, 0.15) is 43.7 Å². The zero-order chi connectivity index (χ0) is 13.2. The lowest BCUT2D eigenvalue weighted by atomic mass is 9.88. The summed E-state index contributed by atoms with van der Waals surface area (Å²) in [5.74, 6) is 1.95. The van der Waals surface area contributed by atoms with E-state index in [1.54, 1.807) is 7.11 Å². The van der Waals surface area contributed by atoms with E-state index in [2.05, 4.69) is 30.4 Å². The average molecular weight is 259 g/mol. The molecule has 3 unspecified atom stereocenters. The molecule has 0 spiro atoms. The molecule has 104 valence electrons. The molecular formula is C17H25NO. The van der Waals surface area contributed by atoms with Crippen molar-refractivity contribution in [1.29, 1.82) is 0 Å². The minimum atomic E-state index is 0.673. The number of fused-ring (bicyclic) bond motifs is 1. The Bertz CT molecular complexity index is 443. The molecule has 2 aliphatic rings. The van der Waals surface area contributed by atoms with Crippen LogP contribution < -0.4 is 10.1 Å². The lowest BCUT2D eigenvalue weighted by Gasteiger charge is -2.26. The first-order valence-electron chi connectivity index (χ1n) is 7.72. The Kier molecular flexibility index (Phi) is 3.79. The summed E-state index contributed by atoms with van der Waals surface area (Å²) in [6.07, 6.45) is 7.79. The number of hydrogen-bond donors (Lipinski definition) is 1. The van der Waals surface area contributed by atoms with Gasteiger partial charge in [-0.25, -0.2) is 0 Å². The molecule has 1 N–H and O–H groups in total. The van der Waals surface area contributed by atoms with E-state index in [1.165, 1.54) is 49.7 Å². The maximum Gasteiger partial charge on any atom is 0.119 e. The van der Waals surface area contributed by atoms with Crippen molar-refractivity contribution in [2.24, 2.45) is 5.92 Å². The van der Waals surface area contributed by atoms with Gasteiger partial charge in [0.1, 0.15) is 5.75 Å². The molecule has 0 radical (unpaired) electrons. The first-order valence-corrected chi connectivity index (χ1v) is 7.72. The van der Waals surface area contributed by atoms with Crippen LogP contribution in [0.25, 0.3) is 0 Å². The van der Waals surface area contributed by atoms with E-state index in [0.717, 1.165) is 17.7 Å². The average Bonchev–Trinajstić information content (AvgIpc) is 3.16. The summed E-state index contributed by atoms with van der Waals surface area (Å²) < 4.78 is 5.34. The van der Waals surface area contributed by atoms with Crippen LogP contribution in [0.2, 0.25) is 0 Å². The van der Waals surface area contributed by atoms with Gasteiger partial charge in [0.25, 0.3) is 0 Å². The third-order valence-electron chi connectivity index (χ3n) is 4.67. The van der Waals surface area contributed by atoms with Crippen LogP contribution in [-0.4, -0.2) is 19.2 Å². The van der Waals surface area contributed by atoms with Gasteiger partial charge in [0, 0.05) is 12.1 Å². The van der Waals surface area contributed by atoms with Crippen LogP contribution in [0, 0.1) is 5.92 Å². The number of methoxy groups -OCH3 is 1. The van der Waals surface area contributed by atoms with Gasteiger partial charge < -0.3 is 10.1 Å². The predicted octanol–water partition coefficient (Wildman–Crippen LogP) is 3.33. The second kappa shape index (κ2) is 5.54. The fraction of sp³-hybridized carbons (Fsp3) is 0.647. The predicted molar refractivity (Wildman–Crippen MR) is 78.7 cm³/mol. The van der Waals surface area contributed by atoms with E-state index in [4.69, 9.17) is 4.74 Å². The van der Waals surface area contributed by atoms with Crippen molar-refractivity contribution in [3.8, 4) is 5.75 Å². The molecule has 1 aromatic rings. The van der Waals surface area contributed by atoms with Gasteiger partial charge in [0.2, 0.25) is 0 Å². The SMILES string of the molecule is CCCC1CC1NC1CCc2ccc(OC)cc2C1. The maximum atomic E-state index is 5.34. The standard InChI is InChI=1S/C17H25NO/c1-3-4-13-11-17(13)18-15-7-5-12-6-8-16(19-2)10-14(12)9-15/h6,8,10,13,15,17-18H,3-5,7,9,11H2,1-2H3. The summed E-state index contributed by atoms with van der Waals surface area (Å²) in [6, 6.07) is 8.02. The maximum absolute atomic E-state index is 5.34. The highest BCUT2D eigenvalue weighted by Gasteiger charge is 2.37. The van der Waals surface area contributed by atoms with Gasteiger partial charge in [0.15, 0.2) is 0 Å². The number of ether oxygens (including phenoxy) is 1. The van der Waals surface area contributed by atoms with Crippen molar-refractivity contribution in [2.75, 3.05) is 7.11 Å². The molecule has 1 aromatic carbocycles. The van der Waals surface area contributed by atoms with Gasteiger partial charge in [-0.3, -0.25) is 0 Å². The van der Waals surface area contributed by atoms with Gasteiger partial charge in [-0.2, -0.15) is 0 Å². The second-order valence-electron chi connectivity index (χ2n) is 6.13. The minimum Gasteiger partial charge on any atom is -0.497 e. The summed E-state index contributed by atoms with van der Waals surface area (Å²) in [6.45, 7) is 2.29. The van der Waals surface area contributed by atoms with Gasteiger partial charge in [-0.15, -0.1) is 0 Å². The van der Waals surface area contributed by atoms with Crippen molar-refractivity contribution < 1.29 is 4.74 Å². The lowest BCUT2D eigenvalue weighted by Crippen LogP contribution is -2.36. The van der Waals surface area contributed by atoms with Crippen LogP contribution in [0.4, 0.5) is 0 Å². The van der Waals surface area contributed by atoms with Crippen molar-refractivity contribution in [3.05, 3.63) is 29.3 Å². The number of nitrogens with one attached hydrogen (secondary N) is 1. The first kappa shape index (κ1) is 13.0. The zero-order valence-electron chi connectivity index (χ0n) is 12.1. The minimum absolute atomic E-state index is 0.673. The topological polar surface area (TPSA) is 21.3 Å². The smallest absolute Gasteiger partial charge is 0.119 e. The Morgan fingerprint density at radius 3 is 3.00 bits per heavy atom. The van der Waals surface area contributed by atoms with E-state index >= 15 is 0 Å². The molecule has 2 aliphatic carbocycles. The van der Waals surface area contributed by atoms with Crippen LogP contribution in [0.3, 0.4) is 0 Å². The normalized spacial score (nSPS) is 28.8. The first-order chi connectivity index (χ1) is 9.30. The summed E-state index contributed by atoms with van der Waals surface area (Å²) in [5.41, 5.74) is 3.00. The molecule has 0 aliphatic heterocycles. The molecule has 0 bridgehead atoms. The molecule has 0 saturated heterocycles. The summed E-state index contributed by atoms with van der Waals surface area (Å²) >= 11 is 0. The summed E-state index contributed by atoms with van der Waals surface area (Å²) in [5, 5.41) is 3.87. The Hall–Kier alpha value is -1.02. The number of benzene rings is 1. The van der Waals surface area contributed by atoms with E-state index < -0.39 is 0 Å². The largest absolute Gasteiger partial charge is 0.497 e. The molecular weight excluding hydrogens is 234 g/mol. The Labute approximate surface area is 116 Å². The molecule has 0 heterocycles. The fourth-order valence-electron chi connectivity index (χ4n) is 3.45. The lowest BCUT2D eigenvalue weighted by molar-refractivity contribution is 0.409. The third-order valence-corrected chi connectivity index (χ3v) is 4.67. The van der Waals surface area contributed by atoms with Crippen molar-refractivity contribution in [2.45, 2.75) is 57.5 Å². The van der Waals surface area contributed by atoms with Gasteiger partial charge in [-0.1, -0.05) is 19.4 Å². The van der Waals surface area contributed by atoms with Crippen molar-refractivity contribution in [3.63, 3.8) is 0 Å².